The average Bonchev–Trinajstić information content (AvgIpc) is 3.60. The highest BCUT2D eigenvalue weighted by Gasteiger charge is 2.24. The lowest BCUT2D eigenvalue weighted by molar-refractivity contribution is 0.580. The number of allylic oxidation sites excluding steroid dienone is 6. The maximum Gasteiger partial charge on any atom is 0.164 e. The molecule has 244 valence electrons. The van der Waals surface area contributed by atoms with E-state index in [1.54, 1.807) is 0 Å². The Morgan fingerprint density at radius 2 is 1.31 bits per heavy atom. The number of furan rings is 1. The molecular formula is C47H35N3O. The summed E-state index contributed by atoms with van der Waals surface area (Å²) in [5, 5.41) is 7.27. The van der Waals surface area contributed by atoms with Gasteiger partial charge in [-0.1, -0.05) is 134 Å². The lowest BCUT2D eigenvalue weighted by atomic mass is 9.83. The summed E-state index contributed by atoms with van der Waals surface area (Å²) in [6.45, 7) is 0. The number of fused-ring (bicyclic) bond motifs is 6. The fourth-order valence-electron chi connectivity index (χ4n) is 8.01. The minimum absolute atomic E-state index is 0.0821. The van der Waals surface area contributed by atoms with Crippen molar-refractivity contribution in [2.45, 2.75) is 37.5 Å². The van der Waals surface area contributed by atoms with Gasteiger partial charge < -0.3 is 4.42 Å². The highest BCUT2D eigenvalue weighted by molar-refractivity contribution is 6.11. The monoisotopic (exact) mass is 657 g/mol. The van der Waals surface area contributed by atoms with Crippen LogP contribution in [0.4, 0.5) is 0 Å². The topological polar surface area (TPSA) is 51.8 Å². The molecule has 0 radical (unpaired) electrons. The molecular weight excluding hydrogens is 623 g/mol. The number of hydrogen-bond donors (Lipinski definition) is 0. The van der Waals surface area contributed by atoms with E-state index in [1.165, 1.54) is 38.2 Å². The Morgan fingerprint density at radius 3 is 2.22 bits per heavy atom. The van der Waals surface area contributed by atoms with Crippen LogP contribution in [0.25, 0.3) is 71.8 Å². The molecule has 4 nitrogen and oxygen atoms in total. The Morgan fingerprint density at radius 1 is 0.549 bits per heavy atom. The van der Waals surface area contributed by atoms with Crippen molar-refractivity contribution in [2.75, 3.05) is 0 Å². The molecule has 0 amide bonds. The highest BCUT2D eigenvalue weighted by Crippen LogP contribution is 2.39. The van der Waals surface area contributed by atoms with E-state index in [-0.39, 0.29) is 5.92 Å². The molecule has 0 saturated carbocycles. The minimum Gasteiger partial charge on any atom is -0.456 e. The summed E-state index contributed by atoms with van der Waals surface area (Å²) >= 11 is 0. The molecule has 2 heterocycles. The zero-order valence-electron chi connectivity index (χ0n) is 28.2. The quantitative estimate of drug-likeness (QED) is 0.137. The van der Waals surface area contributed by atoms with Gasteiger partial charge in [0.1, 0.15) is 17.0 Å². The smallest absolute Gasteiger partial charge is 0.164 e. The lowest BCUT2D eigenvalue weighted by Crippen LogP contribution is -2.12. The van der Waals surface area contributed by atoms with Crippen LogP contribution in [0.5, 0.6) is 0 Å². The molecule has 0 fully saturated rings. The van der Waals surface area contributed by atoms with E-state index in [0.29, 0.717) is 17.6 Å². The summed E-state index contributed by atoms with van der Waals surface area (Å²) in [7, 11) is 0. The molecule has 8 aromatic rings. The second-order valence-electron chi connectivity index (χ2n) is 13.8. The number of aromatic nitrogens is 3. The van der Waals surface area contributed by atoms with E-state index in [0.717, 1.165) is 64.6 Å². The molecule has 0 saturated heterocycles. The first-order chi connectivity index (χ1) is 25.2. The molecule has 10 rings (SSSR count). The zero-order chi connectivity index (χ0) is 33.7. The van der Waals surface area contributed by atoms with Gasteiger partial charge in [0.15, 0.2) is 11.6 Å². The normalized spacial score (nSPS) is 17.5. The van der Waals surface area contributed by atoms with Crippen LogP contribution in [-0.4, -0.2) is 15.0 Å². The van der Waals surface area contributed by atoms with E-state index in [9.17, 15) is 0 Å². The minimum atomic E-state index is 0.0821. The van der Waals surface area contributed by atoms with Crippen LogP contribution in [-0.2, 0) is 0 Å². The summed E-state index contributed by atoms with van der Waals surface area (Å²) in [6.07, 6.45) is 15.6. The number of nitrogens with zero attached hydrogens (tertiary/aromatic N) is 3. The Kier molecular flexibility index (Phi) is 7.19. The second kappa shape index (κ2) is 12.3. The van der Waals surface area contributed by atoms with E-state index < -0.39 is 0 Å². The number of hydrogen-bond acceptors (Lipinski definition) is 4. The fraction of sp³-hybridized carbons (Fsp3) is 0.128. The van der Waals surface area contributed by atoms with E-state index in [4.69, 9.17) is 19.4 Å². The molecule has 0 bridgehead atoms. The molecule has 4 heteroatoms. The average molecular weight is 658 g/mol. The molecule has 2 unspecified atom stereocenters. The molecule has 51 heavy (non-hydrogen) atoms. The van der Waals surface area contributed by atoms with Crippen LogP contribution >= 0.6 is 0 Å². The zero-order valence-corrected chi connectivity index (χ0v) is 28.2. The second-order valence-corrected chi connectivity index (χ2v) is 13.8. The Balaban J connectivity index is 1.06. The first kappa shape index (κ1) is 29.8. The summed E-state index contributed by atoms with van der Waals surface area (Å²) in [4.78, 5) is 15.6. The van der Waals surface area contributed by atoms with E-state index in [2.05, 4.69) is 127 Å². The van der Waals surface area contributed by atoms with Gasteiger partial charge in [-0.3, -0.25) is 0 Å². The summed E-state index contributed by atoms with van der Waals surface area (Å²) in [5.41, 5.74) is 7.42. The molecule has 0 N–H and O–H groups in total. The van der Waals surface area contributed by atoms with Gasteiger partial charge in [0.25, 0.3) is 0 Å². The van der Waals surface area contributed by atoms with Crippen molar-refractivity contribution in [1.29, 1.82) is 0 Å². The first-order valence-electron chi connectivity index (χ1n) is 18.0. The summed E-state index contributed by atoms with van der Waals surface area (Å²) < 4.78 is 6.27. The van der Waals surface area contributed by atoms with E-state index in [1.807, 2.05) is 24.3 Å². The highest BCUT2D eigenvalue weighted by atomic mass is 16.3. The largest absolute Gasteiger partial charge is 0.456 e. The van der Waals surface area contributed by atoms with Gasteiger partial charge in [-0.15, -0.1) is 0 Å². The maximum atomic E-state index is 6.27. The summed E-state index contributed by atoms with van der Waals surface area (Å²) in [6, 6.07) is 43.1. The van der Waals surface area contributed by atoms with Crippen LogP contribution in [0.3, 0.4) is 0 Å². The van der Waals surface area contributed by atoms with Crippen molar-refractivity contribution in [2.24, 2.45) is 0 Å². The van der Waals surface area contributed by atoms with Crippen LogP contribution in [0.15, 0.2) is 156 Å². The number of rotatable bonds is 5. The molecule has 2 aromatic heterocycles. The molecule has 2 aliphatic carbocycles. The first-order valence-corrected chi connectivity index (χ1v) is 18.0. The van der Waals surface area contributed by atoms with Crippen LogP contribution in [0.1, 0.15) is 54.5 Å². The van der Waals surface area contributed by atoms with Gasteiger partial charge in [0, 0.05) is 33.7 Å². The third-order valence-corrected chi connectivity index (χ3v) is 10.6. The van der Waals surface area contributed by atoms with Gasteiger partial charge >= 0.3 is 0 Å². The fourth-order valence-corrected chi connectivity index (χ4v) is 8.01. The Hall–Kier alpha value is -6.13. The molecule has 0 spiro atoms. The van der Waals surface area contributed by atoms with Crippen molar-refractivity contribution in [1.82, 2.24) is 15.0 Å². The van der Waals surface area contributed by atoms with Gasteiger partial charge in [-0.05, 0) is 82.1 Å². The lowest BCUT2D eigenvalue weighted by Gasteiger charge is -2.23. The molecule has 2 aliphatic rings. The van der Waals surface area contributed by atoms with Gasteiger partial charge in [-0.2, -0.15) is 0 Å². The third kappa shape index (κ3) is 5.35. The standard InChI is InChI=1S/C47H35N3O/c1-2-10-30(11-3-1)34-13-8-14-37(29-34)46-48-45(49-47(50-46)41-17-9-19-43-44(41)40-16-6-7-18-42(40)51-43)33-23-20-31(21-24-33)35-26-27-39-36(28-35)25-22-32-12-4-5-15-38(32)39/h2,4-20,22-23,25-29,31,33H,1,3,21,24H2. The predicted octanol–water partition coefficient (Wildman–Crippen LogP) is 12.4. The van der Waals surface area contributed by atoms with Crippen molar-refractivity contribution in [3.05, 3.63) is 169 Å². The van der Waals surface area contributed by atoms with E-state index >= 15 is 0 Å². The van der Waals surface area contributed by atoms with Gasteiger partial charge in [0.05, 0.1) is 0 Å². The number of para-hydroxylation sites is 1. The maximum absolute atomic E-state index is 6.27. The van der Waals surface area contributed by atoms with Crippen molar-refractivity contribution in [3.8, 4) is 22.8 Å². The van der Waals surface area contributed by atoms with Crippen LogP contribution in [0.2, 0.25) is 0 Å². The van der Waals surface area contributed by atoms with Crippen LogP contribution < -0.4 is 0 Å². The third-order valence-electron chi connectivity index (χ3n) is 10.6. The Labute approximate surface area is 296 Å². The Bertz CT molecular complexity index is 2730. The molecule has 6 aromatic carbocycles. The predicted molar refractivity (Wildman–Crippen MR) is 210 cm³/mol. The molecule has 2 atom stereocenters. The van der Waals surface area contributed by atoms with Crippen molar-refractivity contribution >= 4 is 49.1 Å². The van der Waals surface area contributed by atoms with Gasteiger partial charge in [0.2, 0.25) is 0 Å². The van der Waals surface area contributed by atoms with Crippen molar-refractivity contribution < 1.29 is 4.42 Å². The SMILES string of the molecule is C1=CC(c2cccc(-c3nc(-c4cccc5oc6ccccc6c45)nc(C4C=CC(c5ccc6c(ccc7ccccc76)c5)CC4)n3)c2)=CCC1. The van der Waals surface area contributed by atoms with Gasteiger partial charge in [-0.25, -0.2) is 15.0 Å². The summed E-state index contributed by atoms with van der Waals surface area (Å²) in [5.74, 6) is 2.60. The molecule has 0 aliphatic heterocycles. The number of benzene rings is 6. The van der Waals surface area contributed by atoms with Crippen LogP contribution in [0, 0.1) is 0 Å². The van der Waals surface area contributed by atoms with Crippen molar-refractivity contribution in [3.63, 3.8) is 0 Å².